The van der Waals surface area contributed by atoms with Crippen molar-refractivity contribution in [3.05, 3.63) is 52.0 Å². The van der Waals surface area contributed by atoms with E-state index < -0.39 is 18.0 Å². The third-order valence-corrected chi connectivity index (χ3v) is 3.81. The molecular formula is C18H17Cl2NO5. The fourth-order valence-electron chi connectivity index (χ4n) is 2.08. The highest BCUT2D eigenvalue weighted by Crippen LogP contribution is 2.24. The molecule has 2 aromatic rings. The molecule has 0 saturated heterocycles. The van der Waals surface area contributed by atoms with Crippen LogP contribution in [-0.2, 0) is 9.53 Å². The zero-order valence-corrected chi connectivity index (χ0v) is 15.9. The first-order chi connectivity index (χ1) is 12.3. The quantitative estimate of drug-likeness (QED) is 0.739. The van der Waals surface area contributed by atoms with Crippen LogP contribution < -0.4 is 14.8 Å². The highest BCUT2D eigenvalue weighted by Gasteiger charge is 2.20. The fourth-order valence-corrected chi connectivity index (χ4v) is 2.60. The summed E-state index contributed by atoms with van der Waals surface area (Å²) >= 11 is 11.8. The number of halogens is 2. The topological polar surface area (TPSA) is 73.9 Å². The molecule has 0 unspecified atom stereocenters. The number of benzene rings is 2. The van der Waals surface area contributed by atoms with Crippen molar-refractivity contribution in [2.45, 2.75) is 13.0 Å². The summed E-state index contributed by atoms with van der Waals surface area (Å²) in [5.74, 6) is -0.343. The Kier molecular flexibility index (Phi) is 6.71. The van der Waals surface area contributed by atoms with Gasteiger partial charge in [0.2, 0.25) is 0 Å². The molecule has 0 heterocycles. The number of hydrogen-bond donors (Lipinski definition) is 1. The summed E-state index contributed by atoms with van der Waals surface area (Å²) in [5, 5.41) is 3.34. The van der Waals surface area contributed by atoms with Gasteiger partial charge in [0.05, 0.1) is 19.8 Å². The van der Waals surface area contributed by atoms with Crippen LogP contribution in [0.1, 0.15) is 17.3 Å². The van der Waals surface area contributed by atoms with Gasteiger partial charge < -0.3 is 19.5 Å². The lowest BCUT2D eigenvalue weighted by atomic mass is 10.2. The average Bonchev–Trinajstić information content (AvgIpc) is 2.60. The lowest BCUT2D eigenvalue weighted by molar-refractivity contribution is -0.123. The maximum atomic E-state index is 12.3. The minimum atomic E-state index is -1.04. The SMILES string of the molecule is COc1cc(OC)cc(C(=O)O[C@@H](C)C(=O)Nc2cc(Cl)cc(Cl)c2)c1. The molecule has 0 bridgehead atoms. The molecule has 138 valence electrons. The molecule has 2 rings (SSSR count). The van der Waals surface area contributed by atoms with Gasteiger partial charge in [-0.05, 0) is 37.3 Å². The highest BCUT2D eigenvalue weighted by molar-refractivity contribution is 6.35. The molecule has 0 aromatic heterocycles. The second-order valence-corrected chi connectivity index (χ2v) is 6.17. The lowest BCUT2D eigenvalue weighted by Crippen LogP contribution is -2.30. The summed E-state index contributed by atoms with van der Waals surface area (Å²) in [6.07, 6.45) is -1.04. The lowest BCUT2D eigenvalue weighted by Gasteiger charge is -2.14. The van der Waals surface area contributed by atoms with Crippen LogP contribution in [0.4, 0.5) is 5.69 Å². The number of methoxy groups -OCH3 is 2. The monoisotopic (exact) mass is 397 g/mol. The summed E-state index contributed by atoms with van der Waals surface area (Å²) in [6.45, 7) is 1.46. The summed E-state index contributed by atoms with van der Waals surface area (Å²) in [5.41, 5.74) is 0.602. The Hall–Kier alpha value is -2.44. The molecule has 0 saturated carbocycles. The number of anilines is 1. The van der Waals surface area contributed by atoms with Crippen molar-refractivity contribution in [3.63, 3.8) is 0 Å². The van der Waals surface area contributed by atoms with Gasteiger partial charge in [-0.15, -0.1) is 0 Å². The number of hydrogen-bond acceptors (Lipinski definition) is 5. The standard InChI is InChI=1S/C18H17Cl2NO5/c1-10(17(22)21-14-7-12(19)6-13(20)8-14)26-18(23)11-4-15(24-2)9-16(5-11)25-3/h4-10H,1-3H3,(H,21,22)/t10-/m0/s1. The minimum absolute atomic E-state index is 0.201. The molecule has 0 fully saturated rings. The number of esters is 1. The van der Waals surface area contributed by atoms with E-state index in [4.69, 9.17) is 37.4 Å². The minimum Gasteiger partial charge on any atom is -0.497 e. The zero-order chi connectivity index (χ0) is 19.3. The van der Waals surface area contributed by atoms with Crippen molar-refractivity contribution >= 4 is 40.8 Å². The van der Waals surface area contributed by atoms with Gasteiger partial charge in [0, 0.05) is 21.8 Å². The van der Waals surface area contributed by atoms with Crippen molar-refractivity contribution in [2.24, 2.45) is 0 Å². The number of rotatable bonds is 6. The van der Waals surface area contributed by atoms with E-state index in [0.717, 1.165) is 0 Å². The van der Waals surface area contributed by atoms with Crippen molar-refractivity contribution in [2.75, 3.05) is 19.5 Å². The highest BCUT2D eigenvalue weighted by atomic mass is 35.5. The van der Waals surface area contributed by atoms with Gasteiger partial charge >= 0.3 is 5.97 Å². The summed E-state index contributed by atoms with van der Waals surface area (Å²) in [6, 6.07) is 9.21. The Labute approximate surface area is 160 Å². The Morgan fingerprint density at radius 1 is 0.923 bits per heavy atom. The van der Waals surface area contributed by atoms with E-state index in [1.807, 2.05) is 0 Å². The Morgan fingerprint density at radius 2 is 1.46 bits per heavy atom. The van der Waals surface area contributed by atoms with Gasteiger partial charge in [0.15, 0.2) is 6.10 Å². The molecule has 0 radical (unpaired) electrons. The Morgan fingerprint density at radius 3 is 1.96 bits per heavy atom. The summed E-state index contributed by atoms with van der Waals surface area (Å²) in [4.78, 5) is 24.5. The van der Waals surface area contributed by atoms with Gasteiger partial charge in [0.1, 0.15) is 11.5 Å². The van der Waals surface area contributed by atoms with Gasteiger partial charge in [-0.2, -0.15) is 0 Å². The summed E-state index contributed by atoms with van der Waals surface area (Å²) in [7, 11) is 2.94. The number of ether oxygens (including phenoxy) is 3. The average molecular weight is 398 g/mol. The largest absolute Gasteiger partial charge is 0.497 e. The predicted octanol–water partition coefficient (Wildman–Crippen LogP) is 4.19. The number of carbonyl (C=O) groups is 2. The second-order valence-electron chi connectivity index (χ2n) is 5.30. The molecule has 8 heteroatoms. The third kappa shape index (κ3) is 5.28. The molecule has 1 N–H and O–H groups in total. The van der Waals surface area contributed by atoms with E-state index in [9.17, 15) is 9.59 Å². The zero-order valence-electron chi connectivity index (χ0n) is 14.3. The van der Waals surface area contributed by atoms with Crippen LogP contribution in [0.2, 0.25) is 10.0 Å². The Balaban J connectivity index is 2.07. The molecule has 0 aliphatic carbocycles. The van der Waals surface area contributed by atoms with Crippen LogP contribution in [-0.4, -0.2) is 32.2 Å². The van der Waals surface area contributed by atoms with Gasteiger partial charge in [-0.3, -0.25) is 4.79 Å². The first-order valence-electron chi connectivity index (χ1n) is 7.53. The fraction of sp³-hybridized carbons (Fsp3) is 0.222. The van der Waals surface area contributed by atoms with Crippen LogP contribution in [0, 0.1) is 0 Å². The van der Waals surface area contributed by atoms with E-state index in [2.05, 4.69) is 5.32 Å². The predicted molar refractivity (Wildman–Crippen MR) is 99.5 cm³/mol. The molecule has 1 atom stereocenters. The van der Waals surface area contributed by atoms with E-state index >= 15 is 0 Å². The van der Waals surface area contributed by atoms with Gasteiger partial charge in [-0.25, -0.2) is 4.79 Å². The first kappa shape index (κ1) is 19.9. The first-order valence-corrected chi connectivity index (χ1v) is 8.29. The van der Waals surface area contributed by atoms with E-state index in [1.54, 1.807) is 12.1 Å². The van der Waals surface area contributed by atoms with Crippen molar-refractivity contribution in [1.82, 2.24) is 0 Å². The molecule has 0 aliphatic heterocycles. The maximum Gasteiger partial charge on any atom is 0.339 e. The number of nitrogens with one attached hydrogen (secondary N) is 1. The third-order valence-electron chi connectivity index (χ3n) is 3.37. The van der Waals surface area contributed by atoms with Crippen molar-refractivity contribution in [3.8, 4) is 11.5 Å². The normalized spacial score (nSPS) is 11.4. The summed E-state index contributed by atoms with van der Waals surface area (Å²) < 4.78 is 15.4. The molecule has 26 heavy (non-hydrogen) atoms. The van der Waals surface area contributed by atoms with Gasteiger partial charge in [-0.1, -0.05) is 23.2 Å². The molecule has 2 aromatic carbocycles. The number of carbonyl (C=O) groups excluding carboxylic acids is 2. The Bertz CT molecular complexity index is 783. The van der Waals surface area contributed by atoms with Crippen LogP contribution in [0.15, 0.2) is 36.4 Å². The molecular weight excluding hydrogens is 381 g/mol. The molecule has 0 spiro atoms. The molecule has 0 aliphatic rings. The van der Waals surface area contributed by atoms with E-state index in [1.165, 1.54) is 45.4 Å². The van der Waals surface area contributed by atoms with Crippen LogP contribution in [0.5, 0.6) is 11.5 Å². The number of amides is 1. The molecule has 1 amide bonds. The van der Waals surface area contributed by atoms with E-state index in [0.29, 0.717) is 27.2 Å². The van der Waals surface area contributed by atoms with Crippen LogP contribution in [0.25, 0.3) is 0 Å². The molecule has 6 nitrogen and oxygen atoms in total. The second kappa shape index (κ2) is 8.78. The smallest absolute Gasteiger partial charge is 0.339 e. The van der Waals surface area contributed by atoms with Crippen molar-refractivity contribution in [1.29, 1.82) is 0 Å². The van der Waals surface area contributed by atoms with Crippen LogP contribution >= 0.6 is 23.2 Å². The maximum absolute atomic E-state index is 12.3. The van der Waals surface area contributed by atoms with E-state index in [-0.39, 0.29) is 5.56 Å². The van der Waals surface area contributed by atoms with Crippen LogP contribution in [0.3, 0.4) is 0 Å². The van der Waals surface area contributed by atoms with Crippen molar-refractivity contribution < 1.29 is 23.8 Å². The van der Waals surface area contributed by atoms with Gasteiger partial charge in [0.25, 0.3) is 5.91 Å².